The van der Waals surface area contributed by atoms with E-state index in [2.05, 4.69) is 0 Å². The molecule has 8 heteroatoms. The minimum absolute atomic E-state index is 0.384. The molecule has 0 spiro atoms. The molecule has 0 aliphatic heterocycles. The maximum atomic E-state index is 9.55. The summed E-state index contributed by atoms with van der Waals surface area (Å²) in [6, 6.07) is 0. The van der Waals surface area contributed by atoms with Gasteiger partial charge in [-0.1, -0.05) is 0 Å². The van der Waals surface area contributed by atoms with Gasteiger partial charge in [-0.2, -0.15) is 0 Å². The van der Waals surface area contributed by atoms with E-state index in [0.717, 1.165) is 0 Å². The first-order chi connectivity index (χ1) is 7.25. The summed E-state index contributed by atoms with van der Waals surface area (Å²) in [6.45, 7) is 0. The summed E-state index contributed by atoms with van der Waals surface area (Å²) >= 11 is 0. The van der Waals surface area contributed by atoms with E-state index in [4.69, 9.17) is 10.2 Å². The normalized spacial score (nSPS) is 9.50. The summed E-state index contributed by atoms with van der Waals surface area (Å²) in [6.07, 6.45) is 1.88. The summed E-state index contributed by atoms with van der Waals surface area (Å²) in [5, 5.41) is 34.5. The summed E-state index contributed by atoms with van der Waals surface area (Å²) in [7, 11) is 0. The highest BCUT2D eigenvalue weighted by Crippen LogP contribution is 1.70. The average molecular weight is 230 g/mol. The average Bonchev–Trinajstić information content (AvgIpc) is 2.12. The highest BCUT2D eigenvalue weighted by atomic mass is 16.4. The number of rotatable bonds is 4. The molecule has 0 fully saturated rings. The molecule has 0 aromatic heterocycles. The van der Waals surface area contributed by atoms with E-state index in [9.17, 15) is 29.4 Å². The van der Waals surface area contributed by atoms with Crippen LogP contribution >= 0.6 is 0 Å². The van der Waals surface area contributed by atoms with Crippen LogP contribution in [-0.4, -0.2) is 34.1 Å². The molecular formula is C8H6O8-2. The van der Waals surface area contributed by atoms with Crippen LogP contribution in [0.1, 0.15) is 0 Å². The zero-order chi connectivity index (χ0) is 13.1. The number of hydrogen-bond donors (Lipinski definition) is 2. The van der Waals surface area contributed by atoms with E-state index in [0.29, 0.717) is 24.3 Å². The van der Waals surface area contributed by atoms with Crippen LogP contribution in [0, 0.1) is 0 Å². The Labute approximate surface area is 88.7 Å². The van der Waals surface area contributed by atoms with E-state index in [1.54, 1.807) is 0 Å². The van der Waals surface area contributed by atoms with Crippen molar-refractivity contribution in [3.05, 3.63) is 24.3 Å². The second-order valence-electron chi connectivity index (χ2n) is 1.98. The molecule has 2 N–H and O–H groups in total. The van der Waals surface area contributed by atoms with Crippen LogP contribution < -0.4 is 10.2 Å². The Kier molecular flexibility index (Phi) is 8.83. The molecule has 0 aromatic rings. The van der Waals surface area contributed by atoms with Crippen molar-refractivity contribution in [3.63, 3.8) is 0 Å². The molecule has 0 bridgehead atoms. The summed E-state index contributed by atoms with van der Waals surface area (Å²) in [5.74, 6) is -5.61. The molecule has 88 valence electrons. The molecule has 8 nitrogen and oxygen atoms in total. The minimum Gasteiger partial charge on any atom is -0.545 e. The highest BCUT2D eigenvalue weighted by molar-refractivity contribution is 5.89. The highest BCUT2D eigenvalue weighted by Gasteiger charge is 1.88. The van der Waals surface area contributed by atoms with Gasteiger partial charge in [-0.15, -0.1) is 0 Å². The summed E-state index contributed by atoms with van der Waals surface area (Å²) in [5.41, 5.74) is 0. The van der Waals surface area contributed by atoms with Gasteiger partial charge in [-0.3, -0.25) is 0 Å². The number of carboxylic acids is 4. The minimum atomic E-state index is -1.55. The Bertz CT molecular complexity index is 272. The van der Waals surface area contributed by atoms with E-state index in [1.165, 1.54) is 0 Å². The van der Waals surface area contributed by atoms with Gasteiger partial charge in [-0.25, -0.2) is 9.59 Å². The van der Waals surface area contributed by atoms with Gasteiger partial charge < -0.3 is 30.0 Å². The van der Waals surface area contributed by atoms with E-state index in [-0.39, 0.29) is 0 Å². The third kappa shape index (κ3) is 22.5. The van der Waals surface area contributed by atoms with Gasteiger partial charge in [0, 0.05) is 12.2 Å². The van der Waals surface area contributed by atoms with E-state index < -0.39 is 23.9 Å². The lowest BCUT2D eigenvalue weighted by Crippen LogP contribution is -2.23. The van der Waals surface area contributed by atoms with Crippen molar-refractivity contribution in [1.29, 1.82) is 0 Å². The predicted molar refractivity (Wildman–Crippen MR) is 43.6 cm³/mol. The maximum absolute atomic E-state index is 9.55. The lowest BCUT2D eigenvalue weighted by atomic mass is 10.5. The van der Waals surface area contributed by atoms with Gasteiger partial charge in [-0.05, 0) is 12.2 Å². The number of carbonyl (C=O) groups excluding carboxylic acids is 2. The topological polar surface area (TPSA) is 155 Å². The molecule has 0 atom stereocenters. The monoisotopic (exact) mass is 230 g/mol. The number of aliphatic carboxylic acids is 4. The van der Waals surface area contributed by atoms with Gasteiger partial charge in [0.1, 0.15) is 0 Å². The van der Waals surface area contributed by atoms with Gasteiger partial charge >= 0.3 is 11.9 Å². The van der Waals surface area contributed by atoms with E-state index in [1.807, 2.05) is 0 Å². The van der Waals surface area contributed by atoms with Gasteiger partial charge in [0.15, 0.2) is 0 Å². The van der Waals surface area contributed by atoms with Crippen molar-refractivity contribution < 1.29 is 39.6 Å². The fourth-order valence-corrected chi connectivity index (χ4v) is 0.279. The first-order valence-electron chi connectivity index (χ1n) is 3.49. The maximum Gasteiger partial charge on any atom is 0.328 e. The Morgan fingerprint density at radius 3 is 1.06 bits per heavy atom. The Hall–Kier alpha value is -2.64. The van der Waals surface area contributed by atoms with Crippen LogP contribution in [0.2, 0.25) is 0 Å². The van der Waals surface area contributed by atoms with Gasteiger partial charge in [0.25, 0.3) is 0 Å². The van der Waals surface area contributed by atoms with Crippen molar-refractivity contribution in [2.24, 2.45) is 0 Å². The summed E-state index contributed by atoms with van der Waals surface area (Å²) < 4.78 is 0. The van der Waals surface area contributed by atoms with Crippen molar-refractivity contribution in [1.82, 2.24) is 0 Å². The fourth-order valence-electron chi connectivity index (χ4n) is 0.279. The van der Waals surface area contributed by atoms with Crippen LogP contribution in [0.3, 0.4) is 0 Å². The third-order valence-corrected chi connectivity index (χ3v) is 0.724. The molecule has 0 saturated carbocycles. The smallest absolute Gasteiger partial charge is 0.328 e. The van der Waals surface area contributed by atoms with Crippen LogP contribution in [-0.2, 0) is 19.2 Å². The zero-order valence-corrected chi connectivity index (χ0v) is 7.65. The lowest BCUT2D eigenvalue weighted by Gasteiger charge is -1.90. The van der Waals surface area contributed by atoms with Crippen LogP contribution in [0.15, 0.2) is 24.3 Å². The first kappa shape index (κ1) is 15.8. The molecule has 0 aliphatic carbocycles. The summed E-state index contributed by atoms with van der Waals surface area (Å²) in [4.78, 5) is 37.9. The predicted octanol–water partition coefficient (Wildman–Crippen LogP) is -3.25. The largest absolute Gasteiger partial charge is 0.545 e. The standard InChI is InChI=1S/2C4H4O4/c2*5-3(6)1-2-4(7)8/h2*1-2H,(H,5,6)(H,7,8)/p-2/b2*2-1+. The van der Waals surface area contributed by atoms with Gasteiger partial charge in [0.2, 0.25) is 0 Å². The quantitative estimate of drug-likeness (QED) is 0.477. The molecule has 0 rings (SSSR count). The van der Waals surface area contributed by atoms with Crippen molar-refractivity contribution in [3.8, 4) is 0 Å². The molecule has 0 amide bonds. The second-order valence-corrected chi connectivity index (χ2v) is 1.98. The van der Waals surface area contributed by atoms with Crippen LogP contribution in [0.25, 0.3) is 0 Å². The van der Waals surface area contributed by atoms with Crippen molar-refractivity contribution in [2.45, 2.75) is 0 Å². The van der Waals surface area contributed by atoms with E-state index >= 15 is 0 Å². The number of carboxylic acid groups (broad SMARTS) is 4. The van der Waals surface area contributed by atoms with Crippen molar-refractivity contribution in [2.75, 3.05) is 0 Å². The van der Waals surface area contributed by atoms with Crippen LogP contribution in [0.5, 0.6) is 0 Å². The fraction of sp³-hybridized carbons (Fsp3) is 0. The molecule has 0 aliphatic rings. The molecule has 0 radical (unpaired) electrons. The van der Waals surface area contributed by atoms with Crippen molar-refractivity contribution >= 4 is 23.9 Å². The molecule has 16 heavy (non-hydrogen) atoms. The van der Waals surface area contributed by atoms with Gasteiger partial charge in [0.05, 0.1) is 11.9 Å². The second kappa shape index (κ2) is 8.94. The number of hydrogen-bond acceptors (Lipinski definition) is 6. The number of carbonyl (C=O) groups is 4. The molecule has 0 heterocycles. The molecule has 0 unspecified atom stereocenters. The first-order valence-corrected chi connectivity index (χ1v) is 3.49. The zero-order valence-electron chi connectivity index (χ0n) is 7.65. The molecule has 0 aromatic carbocycles. The third-order valence-electron chi connectivity index (χ3n) is 0.724. The lowest BCUT2D eigenvalue weighted by molar-refractivity contribution is -0.301. The molecule has 0 saturated heterocycles. The van der Waals surface area contributed by atoms with Crippen LogP contribution in [0.4, 0.5) is 0 Å². The Morgan fingerprint density at radius 2 is 0.938 bits per heavy atom. The Morgan fingerprint density at radius 1 is 0.688 bits per heavy atom. The Balaban J connectivity index is 0. The SMILES string of the molecule is O=C(O)/C=C/C(=O)O.O=C([O-])/C=C/C(=O)[O-]. The molecular weight excluding hydrogens is 224 g/mol.